The van der Waals surface area contributed by atoms with Gasteiger partial charge < -0.3 is 5.32 Å². The summed E-state index contributed by atoms with van der Waals surface area (Å²) in [6.45, 7) is 5.46. The molecule has 0 radical (unpaired) electrons. The summed E-state index contributed by atoms with van der Waals surface area (Å²) < 4.78 is 0. The van der Waals surface area contributed by atoms with E-state index in [0.717, 1.165) is 25.6 Å². The first-order chi connectivity index (χ1) is 15.5. The summed E-state index contributed by atoms with van der Waals surface area (Å²) in [5.74, 6) is 0.367. The number of nitrogens with zero attached hydrogens (tertiary/aromatic N) is 1. The number of hydrogen-bond donors (Lipinski definition) is 1. The molecule has 0 saturated carbocycles. The van der Waals surface area contributed by atoms with Gasteiger partial charge in [-0.25, -0.2) is 0 Å². The highest BCUT2D eigenvalue weighted by Crippen LogP contribution is 2.25. The number of ketones is 1. The minimum absolute atomic E-state index is 0.186. The number of carbonyl (C=O) groups excluding carboxylic acids is 2. The van der Waals surface area contributed by atoms with Crippen molar-refractivity contribution in [2.24, 2.45) is 5.92 Å². The lowest BCUT2D eigenvalue weighted by Gasteiger charge is -2.30. The zero-order valence-electron chi connectivity index (χ0n) is 18.2. The van der Waals surface area contributed by atoms with E-state index in [4.69, 9.17) is 11.6 Å². The molecule has 0 spiro atoms. The summed E-state index contributed by atoms with van der Waals surface area (Å²) >= 11 is 6.14. The number of carbonyl (C=O) groups is 2. The smallest absolute Gasteiger partial charge is 0.255 e. The fourth-order valence-electron chi connectivity index (χ4n) is 3.99. The number of nitrogens with one attached hydrogen (secondary N) is 1. The van der Waals surface area contributed by atoms with Crippen molar-refractivity contribution in [1.29, 1.82) is 0 Å². The Morgan fingerprint density at radius 3 is 2.31 bits per heavy atom. The Balaban J connectivity index is 1.46. The molecule has 1 saturated heterocycles. The molecule has 1 aliphatic heterocycles. The van der Waals surface area contributed by atoms with Crippen molar-refractivity contribution in [2.75, 3.05) is 18.4 Å². The quantitative estimate of drug-likeness (QED) is 0.468. The third kappa shape index (κ3) is 5.45. The van der Waals surface area contributed by atoms with Gasteiger partial charge in [0.1, 0.15) is 0 Å². The van der Waals surface area contributed by atoms with Gasteiger partial charge in [-0.1, -0.05) is 61.0 Å². The average Bonchev–Trinajstić information content (AvgIpc) is 2.82. The molecule has 3 aromatic rings. The summed E-state index contributed by atoms with van der Waals surface area (Å²) in [6.07, 6.45) is 2.48. The first kappa shape index (κ1) is 22.3. The number of piperidine rings is 1. The van der Waals surface area contributed by atoms with E-state index in [-0.39, 0.29) is 11.7 Å². The van der Waals surface area contributed by atoms with E-state index >= 15 is 0 Å². The van der Waals surface area contributed by atoms with Gasteiger partial charge in [0.05, 0.1) is 5.69 Å². The van der Waals surface area contributed by atoms with E-state index in [1.54, 1.807) is 30.3 Å². The van der Waals surface area contributed by atoms with E-state index in [2.05, 4.69) is 17.1 Å². The predicted molar refractivity (Wildman–Crippen MR) is 129 cm³/mol. The standard InChI is InChI=1S/C27H27ClN2O2/c1-19-13-15-30(16-14-19)18-20-7-9-22(10-8-20)27(32)29-25-12-11-23(28)17-24(25)26(31)21-5-3-2-4-6-21/h2-12,17,19H,13-16,18H2,1H3,(H,29,32). The lowest BCUT2D eigenvalue weighted by molar-refractivity contribution is 0.102. The number of halogens is 1. The van der Waals surface area contributed by atoms with Crippen molar-refractivity contribution in [1.82, 2.24) is 4.90 Å². The van der Waals surface area contributed by atoms with E-state index < -0.39 is 0 Å². The summed E-state index contributed by atoms with van der Waals surface area (Å²) in [5, 5.41) is 3.32. The van der Waals surface area contributed by atoms with Crippen LogP contribution in [0.2, 0.25) is 5.02 Å². The van der Waals surface area contributed by atoms with Crippen molar-refractivity contribution in [3.63, 3.8) is 0 Å². The van der Waals surface area contributed by atoms with Gasteiger partial charge >= 0.3 is 0 Å². The average molecular weight is 447 g/mol. The number of amides is 1. The minimum atomic E-state index is -0.257. The summed E-state index contributed by atoms with van der Waals surface area (Å²) in [4.78, 5) is 28.3. The Bertz CT molecular complexity index is 1090. The fraction of sp³-hybridized carbons (Fsp3) is 0.259. The Kier molecular flexibility index (Phi) is 7.03. The maximum absolute atomic E-state index is 13.0. The van der Waals surface area contributed by atoms with Crippen LogP contribution >= 0.6 is 11.6 Å². The number of benzene rings is 3. The fourth-order valence-corrected chi connectivity index (χ4v) is 4.16. The summed E-state index contributed by atoms with van der Waals surface area (Å²) in [6, 6.07) is 21.6. The second kappa shape index (κ2) is 10.1. The van der Waals surface area contributed by atoms with E-state index in [1.807, 2.05) is 42.5 Å². The molecule has 1 N–H and O–H groups in total. The topological polar surface area (TPSA) is 49.4 Å². The van der Waals surface area contributed by atoms with Crippen LogP contribution in [-0.4, -0.2) is 29.7 Å². The van der Waals surface area contributed by atoms with Crippen LogP contribution in [-0.2, 0) is 6.54 Å². The van der Waals surface area contributed by atoms with Crippen LogP contribution in [0.3, 0.4) is 0 Å². The molecule has 1 fully saturated rings. The number of hydrogen-bond acceptors (Lipinski definition) is 3. The van der Waals surface area contributed by atoms with Crippen molar-refractivity contribution in [2.45, 2.75) is 26.3 Å². The highest BCUT2D eigenvalue weighted by Gasteiger charge is 2.18. The van der Waals surface area contributed by atoms with Crippen LogP contribution in [0.4, 0.5) is 5.69 Å². The SMILES string of the molecule is CC1CCN(Cc2ccc(C(=O)Nc3ccc(Cl)cc3C(=O)c3ccccc3)cc2)CC1. The monoisotopic (exact) mass is 446 g/mol. The van der Waals surface area contributed by atoms with Gasteiger partial charge in [0.15, 0.2) is 5.78 Å². The van der Waals surface area contributed by atoms with Crippen molar-refractivity contribution >= 4 is 29.0 Å². The van der Waals surface area contributed by atoms with E-state index in [9.17, 15) is 9.59 Å². The van der Waals surface area contributed by atoms with Crippen LogP contribution in [0.5, 0.6) is 0 Å². The van der Waals surface area contributed by atoms with Crippen LogP contribution in [0.15, 0.2) is 72.8 Å². The van der Waals surface area contributed by atoms with Crippen LogP contribution < -0.4 is 5.32 Å². The second-order valence-corrected chi connectivity index (χ2v) is 8.93. The van der Waals surface area contributed by atoms with Gasteiger partial charge in [0.25, 0.3) is 5.91 Å². The second-order valence-electron chi connectivity index (χ2n) is 8.49. The molecule has 0 aromatic heterocycles. The zero-order valence-corrected chi connectivity index (χ0v) is 18.9. The predicted octanol–water partition coefficient (Wildman–Crippen LogP) is 6.06. The van der Waals surface area contributed by atoms with Crippen molar-refractivity contribution in [3.8, 4) is 0 Å². The van der Waals surface area contributed by atoms with Crippen molar-refractivity contribution in [3.05, 3.63) is 100 Å². The Morgan fingerprint density at radius 2 is 1.62 bits per heavy atom. The Morgan fingerprint density at radius 1 is 0.938 bits per heavy atom. The number of likely N-dealkylation sites (tertiary alicyclic amines) is 1. The molecule has 3 aromatic carbocycles. The summed E-state index contributed by atoms with van der Waals surface area (Å²) in [5.41, 5.74) is 3.10. The Labute approximate surface area is 194 Å². The molecule has 4 rings (SSSR count). The molecule has 32 heavy (non-hydrogen) atoms. The molecular formula is C27H27ClN2O2. The van der Waals surface area contributed by atoms with Crippen molar-refractivity contribution < 1.29 is 9.59 Å². The third-order valence-electron chi connectivity index (χ3n) is 6.01. The van der Waals surface area contributed by atoms with Gasteiger partial charge in [-0.3, -0.25) is 14.5 Å². The van der Waals surface area contributed by atoms with E-state index in [1.165, 1.54) is 18.4 Å². The normalized spacial score (nSPS) is 14.8. The summed E-state index contributed by atoms with van der Waals surface area (Å²) in [7, 11) is 0. The molecule has 0 aliphatic carbocycles. The maximum Gasteiger partial charge on any atom is 0.255 e. The number of rotatable bonds is 6. The molecule has 1 aliphatic rings. The van der Waals surface area contributed by atoms with Gasteiger partial charge in [-0.2, -0.15) is 0 Å². The first-order valence-electron chi connectivity index (χ1n) is 11.0. The van der Waals surface area contributed by atoms with Crippen LogP contribution in [0, 0.1) is 5.92 Å². The maximum atomic E-state index is 13.0. The molecule has 0 unspecified atom stereocenters. The molecule has 0 bridgehead atoms. The lowest BCUT2D eigenvalue weighted by atomic mass is 9.99. The van der Waals surface area contributed by atoms with Gasteiger partial charge in [0, 0.05) is 28.3 Å². The number of anilines is 1. The highest BCUT2D eigenvalue weighted by molar-refractivity contribution is 6.31. The highest BCUT2D eigenvalue weighted by atomic mass is 35.5. The van der Waals surface area contributed by atoms with Gasteiger partial charge in [-0.05, 0) is 67.7 Å². The molecule has 1 heterocycles. The van der Waals surface area contributed by atoms with Gasteiger partial charge in [0.2, 0.25) is 0 Å². The molecule has 0 atom stereocenters. The largest absolute Gasteiger partial charge is 0.321 e. The van der Waals surface area contributed by atoms with Gasteiger partial charge in [-0.15, -0.1) is 0 Å². The van der Waals surface area contributed by atoms with Crippen LogP contribution in [0.1, 0.15) is 51.6 Å². The van der Waals surface area contributed by atoms with Crippen LogP contribution in [0.25, 0.3) is 0 Å². The van der Waals surface area contributed by atoms with E-state index in [0.29, 0.717) is 27.4 Å². The molecule has 4 nitrogen and oxygen atoms in total. The first-order valence-corrected chi connectivity index (χ1v) is 11.4. The molecule has 5 heteroatoms. The lowest BCUT2D eigenvalue weighted by Crippen LogP contribution is -2.32. The minimum Gasteiger partial charge on any atom is -0.321 e. The Hall–Kier alpha value is -2.95. The molecule has 164 valence electrons. The molecular weight excluding hydrogens is 420 g/mol. The molecule has 1 amide bonds. The zero-order chi connectivity index (χ0) is 22.5. The third-order valence-corrected chi connectivity index (χ3v) is 6.24.